The van der Waals surface area contributed by atoms with E-state index in [1.54, 1.807) is 18.5 Å². The predicted octanol–water partition coefficient (Wildman–Crippen LogP) is 2.36. The zero-order valence-corrected chi connectivity index (χ0v) is 16.5. The number of rotatable bonds is 9. The number of dihydropyridines is 1. The standard InChI is InChI=1S/C20H25F3N6/c1-3-29(7-6-24-2)19-14(20(22)23)11-25-12-18(19)28-10-13-8-16-17(9-15(13)21)27-5-4-26-16/h4-5,8-9,12,20,24-25,28H,3,6-7,10-11H2,1-2H3. The van der Waals surface area contributed by atoms with Crippen molar-refractivity contribution in [3.05, 3.63) is 59.1 Å². The maximum Gasteiger partial charge on any atom is 0.263 e. The first kappa shape index (κ1) is 20.9. The smallest absolute Gasteiger partial charge is 0.263 e. The van der Waals surface area contributed by atoms with E-state index in [0.717, 1.165) is 0 Å². The molecule has 1 aliphatic heterocycles. The molecule has 29 heavy (non-hydrogen) atoms. The van der Waals surface area contributed by atoms with E-state index in [0.29, 0.717) is 47.6 Å². The van der Waals surface area contributed by atoms with Crippen LogP contribution in [0, 0.1) is 5.82 Å². The van der Waals surface area contributed by atoms with Crippen LogP contribution in [-0.4, -0.2) is 54.5 Å². The third-order valence-electron chi connectivity index (χ3n) is 4.80. The molecule has 0 spiro atoms. The van der Waals surface area contributed by atoms with Gasteiger partial charge >= 0.3 is 0 Å². The number of benzene rings is 1. The summed E-state index contributed by atoms with van der Waals surface area (Å²) in [6.45, 7) is 3.95. The summed E-state index contributed by atoms with van der Waals surface area (Å²) in [4.78, 5) is 10.2. The van der Waals surface area contributed by atoms with E-state index in [1.807, 2.05) is 18.9 Å². The van der Waals surface area contributed by atoms with Crippen LogP contribution in [0.3, 0.4) is 0 Å². The van der Waals surface area contributed by atoms with E-state index in [9.17, 15) is 13.2 Å². The zero-order valence-electron chi connectivity index (χ0n) is 16.5. The third kappa shape index (κ3) is 4.79. The van der Waals surface area contributed by atoms with Crippen LogP contribution < -0.4 is 16.0 Å². The Morgan fingerprint density at radius 2 is 1.93 bits per heavy atom. The van der Waals surface area contributed by atoms with Crippen molar-refractivity contribution in [1.29, 1.82) is 0 Å². The van der Waals surface area contributed by atoms with Crippen LogP contribution >= 0.6 is 0 Å². The highest BCUT2D eigenvalue weighted by atomic mass is 19.3. The minimum atomic E-state index is -2.58. The number of hydrogen-bond donors (Lipinski definition) is 3. The quantitative estimate of drug-likeness (QED) is 0.594. The summed E-state index contributed by atoms with van der Waals surface area (Å²) in [7, 11) is 1.82. The van der Waals surface area contributed by atoms with Crippen molar-refractivity contribution in [3.8, 4) is 0 Å². The Balaban J connectivity index is 1.86. The van der Waals surface area contributed by atoms with Gasteiger partial charge in [0.1, 0.15) is 5.82 Å². The number of hydrogen-bond acceptors (Lipinski definition) is 6. The Hall–Kier alpha value is -2.81. The van der Waals surface area contributed by atoms with E-state index < -0.39 is 12.2 Å². The summed E-state index contributed by atoms with van der Waals surface area (Å²) >= 11 is 0. The molecule has 0 bridgehead atoms. The van der Waals surface area contributed by atoms with Gasteiger partial charge in [0.25, 0.3) is 6.43 Å². The molecule has 1 aromatic heterocycles. The van der Waals surface area contributed by atoms with E-state index in [-0.39, 0.29) is 18.7 Å². The Morgan fingerprint density at radius 1 is 1.21 bits per heavy atom. The molecule has 1 aromatic carbocycles. The minimum Gasteiger partial charge on any atom is -0.385 e. The molecule has 0 saturated heterocycles. The summed E-state index contributed by atoms with van der Waals surface area (Å²) in [5, 5.41) is 9.06. The summed E-state index contributed by atoms with van der Waals surface area (Å²) < 4.78 is 41.9. The van der Waals surface area contributed by atoms with Gasteiger partial charge in [-0.1, -0.05) is 0 Å². The Morgan fingerprint density at radius 3 is 2.59 bits per heavy atom. The fourth-order valence-corrected chi connectivity index (χ4v) is 3.31. The second-order valence-electron chi connectivity index (χ2n) is 6.64. The number of halogens is 3. The first-order valence-electron chi connectivity index (χ1n) is 9.52. The highest BCUT2D eigenvalue weighted by molar-refractivity contribution is 5.74. The lowest BCUT2D eigenvalue weighted by molar-refractivity contribution is 0.179. The normalized spacial score (nSPS) is 14.2. The molecule has 6 nitrogen and oxygen atoms in total. The topological polar surface area (TPSA) is 65.1 Å². The minimum absolute atomic E-state index is 0.0257. The van der Waals surface area contributed by atoms with Crippen LogP contribution in [0.4, 0.5) is 13.2 Å². The van der Waals surface area contributed by atoms with Crippen molar-refractivity contribution < 1.29 is 13.2 Å². The molecule has 0 fully saturated rings. The van der Waals surface area contributed by atoms with E-state index >= 15 is 0 Å². The van der Waals surface area contributed by atoms with Crippen LogP contribution in [-0.2, 0) is 6.54 Å². The molecular formula is C20H25F3N6. The maximum absolute atomic E-state index is 14.5. The van der Waals surface area contributed by atoms with Crippen LogP contribution in [0.2, 0.25) is 0 Å². The molecular weight excluding hydrogens is 381 g/mol. The van der Waals surface area contributed by atoms with E-state index in [2.05, 4.69) is 25.9 Å². The first-order chi connectivity index (χ1) is 14.0. The van der Waals surface area contributed by atoms with Gasteiger partial charge in [0, 0.05) is 68.5 Å². The number of likely N-dealkylation sites (N-methyl/N-ethyl adjacent to an activating group) is 2. The average molecular weight is 406 g/mol. The van der Waals surface area contributed by atoms with Gasteiger partial charge in [0.15, 0.2) is 0 Å². The lowest BCUT2D eigenvalue weighted by Gasteiger charge is -2.33. The van der Waals surface area contributed by atoms with Gasteiger partial charge in [0.05, 0.1) is 22.4 Å². The molecule has 0 aliphatic carbocycles. The Labute approximate surface area is 167 Å². The Kier molecular flexibility index (Phi) is 6.92. The second-order valence-corrected chi connectivity index (χ2v) is 6.64. The average Bonchev–Trinajstić information content (AvgIpc) is 2.73. The molecule has 0 atom stereocenters. The molecule has 1 aliphatic rings. The van der Waals surface area contributed by atoms with Crippen molar-refractivity contribution >= 4 is 11.0 Å². The molecule has 0 unspecified atom stereocenters. The molecule has 0 amide bonds. The van der Waals surface area contributed by atoms with Crippen molar-refractivity contribution in [2.24, 2.45) is 0 Å². The fraction of sp³-hybridized carbons (Fsp3) is 0.400. The highest BCUT2D eigenvalue weighted by Gasteiger charge is 2.26. The van der Waals surface area contributed by atoms with Crippen molar-refractivity contribution in [2.75, 3.05) is 33.2 Å². The summed E-state index contributed by atoms with van der Waals surface area (Å²) in [5.74, 6) is -0.419. The van der Waals surface area contributed by atoms with Gasteiger partial charge in [-0.2, -0.15) is 0 Å². The van der Waals surface area contributed by atoms with E-state index in [1.165, 1.54) is 12.3 Å². The molecule has 2 aromatic rings. The second kappa shape index (κ2) is 9.60. The van der Waals surface area contributed by atoms with Crippen LogP contribution in [0.5, 0.6) is 0 Å². The third-order valence-corrected chi connectivity index (χ3v) is 4.80. The van der Waals surface area contributed by atoms with Gasteiger partial charge in [-0.25, -0.2) is 13.2 Å². The number of nitrogens with zero attached hydrogens (tertiary/aromatic N) is 3. The summed E-state index contributed by atoms with van der Waals surface area (Å²) in [5.41, 5.74) is 2.45. The Bertz CT molecular complexity index is 912. The molecule has 3 N–H and O–H groups in total. The first-order valence-corrected chi connectivity index (χ1v) is 9.52. The largest absolute Gasteiger partial charge is 0.385 e. The number of alkyl halides is 2. The van der Waals surface area contributed by atoms with Gasteiger partial charge in [0.2, 0.25) is 0 Å². The van der Waals surface area contributed by atoms with Gasteiger partial charge in [-0.15, -0.1) is 0 Å². The van der Waals surface area contributed by atoms with Gasteiger partial charge in [-0.3, -0.25) is 9.97 Å². The van der Waals surface area contributed by atoms with Crippen LogP contribution in [0.25, 0.3) is 11.0 Å². The van der Waals surface area contributed by atoms with Gasteiger partial charge < -0.3 is 20.9 Å². The SMILES string of the molecule is CCN(CCNC)C1=C(C(F)F)CNC=C1NCc1cc2nccnc2cc1F. The predicted molar refractivity (Wildman–Crippen MR) is 107 cm³/mol. The fourth-order valence-electron chi connectivity index (χ4n) is 3.31. The van der Waals surface area contributed by atoms with Crippen molar-refractivity contribution in [3.63, 3.8) is 0 Å². The molecule has 9 heteroatoms. The lowest BCUT2D eigenvalue weighted by Crippen LogP contribution is -2.39. The van der Waals surface area contributed by atoms with E-state index in [4.69, 9.17) is 0 Å². The lowest BCUT2D eigenvalue weighted by atomic mass is 10.1. The number of fused-ring (bicyclic) bond motifs is 1. The molecule has 156 valence electrons. The van der Waals surface area contributed by atoms with Crippen molar-refractivity contribution in [2.45, 2.75) is 19.9 Å². The maximum atomic E-state index is 14.5. The van der Waals surface area contributed by atoms with Crippen molar-refractivity contribution in [1.82, 2.24) is 30.8 Å². The molecule has 0 radical (unpaired) electrons. The summed E-state index contributed by atoms with van der Waals surface area (Å²) in [6, 6.07) is 2.96. The monoisotopic (exact) mass is 406 g/mol. The summed E-state index contributed by atoms with van der Waals surface area (Å²) in [6.07, 6.45) is 2.13. The zero-order chi connectivity index (χ0) is 20.8. The highest BCUT2D eigenvalue weighted by Crippen LogP contribution is 2.25. The van der Waals surface area contributed by atoms with Gasteiger partial charge in [-0.05, 0) is 20.0 Å². The molecule has 0 saturated carbocycles. The van der Waals surface area contributed by atoms with Crippen LogP contribution in [0.15, 0.2) is 47.7 Å². The van der Waals surface area contributed by atoms with Crippen LogP contribution in [0.1, 0.15) is 12.5 Å². The molecule has 3 rings (SSSR count). The number of nitrogens with one attached hydrogen (secondary N) is 3. The number of aromatic nitrogens is 2. The molecule has 2 heterocycles.